The number of esters is 1. The first-order chi connectivity index (χ1) is 9.93. The molecule has 0 saturated heterocycles. The molecule has 2 aromatic heterocycles. The smallest absolute Gasteiger partial charge is 0.363 e. The number of carboxylic acids is 1. The zero-order valence-corrected chi connectivity index (χ0v) is 10.5. The quantitative estimate of drug-likeness (QED) is 0.476. The summed E-state index contributed by atoms with van der Waals surface area (Å²) in [6.07, 6.45) is 1.80. The van der Waals surface area contributed by atoms with E-state index in [-0.39, 0.29) is 18.3 Å². The SMILES string of the molecule is CCOC(=O)c1coc(-n2cc([N+](=O)[O-])c(C(=O)O)n2)n1. The summed E-state index contributed by atoms with van der Waals surface area (Å²) in [6.45, 7) is 1.74. The summed E-state index contributed by atoms with van der Waals surface area (Å²) in [4.78, 5) is 35.8. The van der Waals surface area contributed by atoms with Gasteiger partial charge in [-0.15, -0.1) is 5.10 Å². The van der Waals surface area contributed by atoms with Crippen molar-refractivity contribution in [3.8, 4) is 6.01 Å². The zero-order valence-electron chi connectivity index (χ0n) is 10.5. The van der Waals surface area contributed by atoms with Crippen molar-refractivity contribution < 1.29 is 28.8 Å². The van der Waals surface area contributed by atoms with Crippen LogP contribution in [0.15, 0.2) is 16.9 Å². The average Bonchev–Trinajstić information content (AvgIpc) is 3.05. The molecule has 0 radical (unpaired) electrons. The lowest BCUT2D eigenvalue weighted by Gasteiger charge is -1.94. The first-order valence-corrected chi connectivity index (χ1v) is 5.54. The number of nitrogens with zero attached hydrogens (tertiary/aromatic N) is 4. The lowest BCUT2D eigenvalue weighted by molar-refractivity contribution is -0.385. The maximum absolute atomic E-state index is 11.4. The molecule has 0 unspecified atom stereocenters. The van der Waals surface area contributed by atoms with Crippen LogP contribution in [0.5, 0.6) is 0 Å². The lowest BCUT2D eigenvalue weighted by atomic mass is 10.4. The molecule has 0 fully saturated rings. The minimum atomic E-state index is -1.57. The normalized spacial score (nSPS) is 10.3. The van der Waals surface area contributed by atoms with Crippen molar-refractivity contribution in [1.29, 1.82) is 0 Å². The van der Waals surface area contributed by atoms with Gasteiger partial charge in [0.1, 0.15) is 12.5 Å². The van der Waals surface area contributed by atoms with E-state index in [1.807, 2.05) is 0 Å². The standard InChI is InChI=1S/C10H8N4O7/c1-2-20-9(17)5-4-21-10(11-5)13-3-6(14(18)19)7(12-13)8(15)16/h3-4H,2H2,1H3,(H,15,16). The second-order valence-corrected chi connectivity index (χ2v) is 3.61. The van der Waals surface area contributed by atoms with Gasteiger partial charge in [0.05, 0.1) is 11.5 Å². The highest BCUT2D eigenvalue weighted by Gasteiger charge is 2.27. The largest absolute Gasteiger partial charge is 0.476 e. The Bertz CT molecular complexity index is 685. The predicted molar refractivity (Wildman–Crippen MR) is 63.2 cm³/mol. The van der Waals surface area contributed by atoms with Crippen LogP contribution in [0.2, 0.25) is 0 Å². The third-order valence-electron chi connectivity index (χ3n) is 2.27. The Labute approximate surface area is 115 Å². The van der Waals surface area contributed by atoms with Gasteiger partial charge in [0.25, 0.3) is 0 Å². The van der Waals surface area contributed by atoms with Gasteiger partial charge in [-0.1, -0.05) is 0 Å². The van der Waals surface area contributed by atoms with Gasteiger partial charge in [0.15, 0.2) is 5.69 Å². The molecule has 11 heteroatoms. The Morgan fingerprint density at radius 1 is 1.57 bits per heavy atom. The van der Waals surface area contributed by atoms with Gasteiger partial charge in [-0.2, -0.15) is 9.67 Å². The van der Waals surface area contributed by atoms with E-state index in [2.05, 4.69) is 14.8 Å². The maximum atomic E-state index is 11.4. The van der Waals surface area contributed by atoms with Crippen LogP contribution >= 0.6 is 0 Å². The van der Waals surface area contributed by atoms with Crippen molar-refractivity contribution in [2.75, 3.05) is 6.61 Å². The van der Waals surface area contributed by atoms with Crippen molar-refractivity contribution in [3.63, 3.8) is 0 Å². The number of rotatable bonds is 5. The fourth-order valence-electron chi connectivity index (χ4n) is 1.42. The number of carbonyl (C=O) groups excluding carboxylic acids is 1. The third kappa shape index (κ3) is 2.70. The highest BCUT2D eigenvalue weighted by atomic mass is 16.6. The average molecular weight is 296 g/mol. The van der Waals surface area contributed by atoms with Crippen molar-refractivity contribution in [2.45, 2.75) is 6.92 Å². The highest BCUT2D eigenvalue weighted by molar-refractivity contribution is 5.90. The summed E-state index contributed by atoms with van der Waals surface area (Å²) in [7, 11) is 0. The summed E-state index contributed by atoms with van der Waals surface area (Å²) >= 11 is 0. The molecule has 2 rings (SSSR count). The van der Waals surface area contributed by atoms with E-state index in [1.165, 1.54) is 0 Å². The molecule has 0 aromatic carbocycles. The van der Waals surface area contributed by atoms with Gasteiger partial charge in [0.2, 0.25) is 5.69 Å². The highest BCUT2D eigenvalue weighted by Crippen LogP contribution is 2.19. The van der Waals surface area contributed by atoms with Crippen LogP contribution in [0.1, 0.15) is 27.9 Å². The van der Waals surface area contributed by atoms with Crippen molar-refractivity contribution >= 4 is 17.6 Å². The summed E-state index contributed by atoms with van der Waals surface area (Å²) in [5.41, 5.74) is -1.66. The topological polar surface area (TPSA) is 151 Å². The first-order valence-electron chi connectivity index (χ1n) is 5.54. The van der Waals surface area contributed by atoms with Crippen LogP contribution in [-0.4, -0.2) is 43.3 Å². The monoisotopic (exact) mass is 296 g/mol. The molecule has 11 nitrogen and oxygen atoms in total. The Hall–Kier alpha value is -3.24. The molecule has 0 aliphatic rings. The summed E-state index contributed by atoms with van der Waals surface area (Å²) in [5, 5.41) is 23.1. The van der Waals surface area contributed by atoms with Gasteiger partial charge in [-0.05, 0) is 6.92 Å². The van der Waals surface area contributed by atoms with E-state index >= 15 is 0 Å². The van der Waals surface area contributed by atoms with Crippen LogP contribution in [0.25, 0.3) is 6.01 Å². The van der Waals surface area contributed by atoms with E-state index < -0.39 is 28.2 Å². The van der Waals surface area contributed by atoms with Crippen LogP contribution in [-0.2, 0) is 4.74 Å². The second kappa shape index (κ2) is 5.40. The van der Waals surface area contributed by atoms with Crippen LogP contribution in [0.4, 0.5) is 5.69 Å². The Morgan fingerprint density at radius 3 is 2.81 bits per heavy atom. The molecule has 0 atom stereocenters. The molecule has 110 valence electrons. The number of hydrogen-bond donors (Lipinski definition) is 1. The molecule has 0 aliphatic carbocycles. The first kappa shape index (κ1) is 14.2. The van der Waals surface area contributed by atoms with Crippen LogP contribution < -0.4 is 0 Å². The summed E-state index contributed by atoms with van der Waals surface area (Å²) in [5.74, 6) is -2.31. The molecule has 0 aliphatic heterocycles. The van der Waals surface area contributed by atoms with Gasteiger partial charge < -0.3 is 14.3 Å². The van der Waals surface area contributed by atoms with E-state index in [0.717, 1.165) is 17.1 Å². The fourth-order valence-corrected chi connectivity index (χ4v) is 1.42. The zero-order chi connectivity index (χ0) is 15.6. The second-order valence-electron chi connectivity index (χ2n) is 3.61. The van der Waals surface area contributed by atoms with Crippen molar-refractivity contribution in [1.82, 2.24) is 14.8 Å². The molecule has 0 bridgehead atoms. The Balaban J connectivity index is 2.39. The lowest BCUT2D eigenvalue weighted by Crippen LogP contribution is -2.06. The number of aromatic carboxylic acids is 1. The molecular weight excluding hydrogens is 288 g/mol. The minimum absolute atomic E-state index is 0.136. The number of ether oxygens (including phenoxy) is 1. The minimum Gasteiger partial charge on any atom is -0.476 e. The number of carboxylic acid groups (broad SMARTS) is 1. The third-order valence-corrected chi connectivity index (χ3v) is 2.27. The number of oxazole rings is 1. The van der Waals surface area contributed by atoms with Crippen molar-refractivity contribution in [3.05, 3.63) is 34.0 Å². The summed E-state index contributed by atoms with van der Waals surface area (Å²) in [6, 6.07) is -0.298. The Kier molecular flexibility index (Phi) is 3.65. The molecule has 2 heterocycles. The molecule has 0 spiro atoms. The van der Waals surface area contributed by atoms with Gasteiger partial charge in [-0.25, -0.2) is 9.59 Å². The Morgan fingerprint density at radius 2 is 2.29 bits per heavy atom. The molecule has 0 amide bonds. The number of hydrogen-bond acceptors (Lipinski definition) is 8. The van der Waals surface area contributed by atoms with E-state index in [0.29, 0.717) is 0 Å². The fraction of sp³-hybridized carbons (Fsp3) is 0.200. The van der Waals surface area contributed by atoms with Crippen molar-refractivity contribution in [2.24, 2.45) is 0 Å². The number of aromatic nitrogens is 3. The summed E-state index contributed by atoms with van der Waals surface area (Å²) < 4.78 is 10.4. The molecule has 2 aromatic rings. The number of nitro groups is 1. The predicted octanol–water partition coefficient (Wildman–Crippen LogP) is 0.643. The molecule has 0 saturated carbocycles. The molecule has 21 heavy (non-hydrogen) atoms. The van der Waals surface area contributed by atoms with Crippen LogP contribution in [0, 0.1) is 10.1 Å². The van der Waals surface area contributed by atoms with Crippen LogP contribution in [0.3, 0.4) is 0 Å². The molecular formula is C10H8N4O7. The van der Waals surface area contributed by atoms with Gasteiger partial charge in [-0.3, -0.25) is 10.1 Å². The van der Waals surface area contributed by atoms with E-state index in [9.17, 15) is 19.7 Å². The van der Waals surface area contributed by atoms with E-state index in [4.69, 9.17) is 9.52 Å². The molecule has 1 N–H and O–H groups in total. The number of carbonyl (C=O) groups is 2. The van der Waals surface area contributed by atoms with E-state index in [1.54, 1.807) is 6.92 Å². The maximum Gasteiger partial charge on any atom is 0.363 e. The van der Waals surface area contributed by atoms with Gasteiger partial charge >= 0.3 is 23.6 Å². The van der Waals surface area contributed by atoms with Gasteiger partial charge in [0, 0.05) is 0 Å².